The summed E-state index contributed by atoms with van der Waals surface area (Å²) in [5, 5.41) is 7.19. The molecular weight excluding hydrogens is 276 g/mol. The number of thiazole rings is 1. The molecule has 4 aliphatic carbocycles. The Morgan fingerprint density at radius 2 is 1.90 bits per heavy atom. The molecule has 4 bridgehead atoms. The van der Waals surface area contributed by atoms with Gasteiger partial charge in [0.05, 0.1) is 5.01 Å². The van der Waals surface area contributed by atoms with E-state index in [4.69, 9.17) is 0 Å². The van der Waals surface area contributed by atoms with Crippen LogP contribution in [0, 0.1) is 23.2 Å². The molecule has 0 amide bonds. The van der Waals surface area contributed by atoms with Gasteiger partial charge in [-0.2, -0.15) is 0 Å². The highest BCUT2D eigenvalue weighted by atomic mass is 32.1. The summed E-state index contributed by atoms with van der Waals surface area (Å²) < 4.78 is 0. The Bertz CT molecular complexity index is 432. The number of hydrogen-bond acceptors (Lipinski definition) is 3. The van der Waals surface area contributed by atoms with Crippen molar-refractivity contribution in [2.45, 2.75) is 64.3 Å². The smallest absolute Gasteiger partial charge is 0.0940 e. The summed E-state index contributed by atoms with van der Waals surface area (Å²) >= 11 is 1.82. The monoisotopic (exact) mass is 304 g/mol. The van der Waals surface area contributed by atoms with E-state index in [0.717, 1.165) is 30.7 Å². The molecule has 1 unspecified atom stereocenters. The van der Waals surface area contributed by atoms with Gasteiger partial charge in [0.15, 0.2) is 0 Å². The number of aromatic nitrogens is 1. The van der Waals surface area contributed by atoms with Gasteiger partial charge in [-0.15, -0.1) is 11.3 Å². The lowest BCUT2D eigenvalue weighted by molar-refractivity contribution is -0.0619. The normalized spacial score (nSPS) is 38.8. The highest BCUT2D eigenvalue weighted by Gasteiger charge is 2.51. The van der Waals surface area contributed by atoms with Crippen molar-refractivity contribution in [1.82, 2.24) is 10.3 Å². The molecule has 2 nitrogen and oxygen atoms in total. The number of hydrogen-bond donors (Lipinski definition) is 1. The van der Waals surface area contributed by atoms with Crippen molar-refractivity contribution in [3.63, 3.8) is 0 Å². The summed E-state index contributed by atoms with van der Waals surface area (Å²) in [6, 6.07) is 0.636. The largest absolute Gasteiger partial charge is 0.314 e. The molecule has 0 spiro atoms. The van der Waals surface area contributed by atoms with Crippen LogP contribution in [0.3, 0.4) is 0 Å². The van der Waals surface area contributed by atoms with Gasteiger partial charge in [-0.05, 0) is 74.7 Å². The van der Waals surface area contributed by atoms with E-state index >= 15 is 0 Å². The maximum atomic E-state index is 4.51. The summed E-state index contributed by atoms with van der Waals surface area (Å²) in [5.74, 6) is 3.20. The minimum atomic E-state index is 0.636. The van der Waals surface area contributed by atoms with Crippen LogP contribution in [0.15, 0.2) is 11.6 Å². The molecule has 1 atom stereocenters. The molecule has 4 fully saturated rings. The van der Waals surface area contributed by atoms with E-state index in [-0.39, 0.29) is 0 Å². The third kappa shape index (κ3) is 2.92. The molecule has 1 aromatic heterocycles. The first-order valence-electron chi connectivity index (χ1n) is 8.86. The van der Waals surface area contributed by atoms with Gasteiger partial charge in [0, 0.05) is 24.0 Å². The van der Waals surface area contributed by atoms with Crippen molar-refractivity contribution < 1.29 is 0 Å². The summed E-state index contributed by atoms with van der Waals surface area (Å²) in [5.41, 5.74) is 0.679. The molecule has 21 heavy (non-hydrogen) atoms. The second-order valence-corrected chi connectivity index (χ2v) is 8.99. The molecule has 1 N–H and O–H groups in total. The Morgan fingerprint density at radius 1 is 1.24 bits per heavy atom. The molecule has 4 saturated carbocycles. The van der Waals surface area contributed by atoms with E-state index in [1.807, 2.05) is 17.5 Å². The fourth-order valence-electron chi connectivity index (χ4n) is 6.13. The molecule has 116 valence electrons. The fourth-order valence-corrected chi connectivity index (χ4v) is 6.83. The lowest BCUT2D eigenvalue weighted by atomic mass is 9.48. The molecule has 1 heterocycles. The first-order valence-corrected chi connectivity index (χ1v) is 9.74. The van der Waals surface area contributed by atoms with Crippen molar-refractivity contribution in [2.24, 2.45) is 23.2 Å². The highest BCUT2D eigenvalue weighted by Crippen LogP contribution is 2.61. The Morgan fingerprint density at radius 3 is 2.43 bits per heavy atom. The quantitative estimate of drug-likeness (QED) is 0.849. The molecule has 3 heteroatoms. The van der Waals surface area contributed by atoms with Crippen LogP contribution in [-0.2, 0) is 6.42 Å². The van der Waals surface area contributed by atoms with E-state index < -0.39 is 0 Å². The number of nitrogens with zero attached hydrogens (tertiary/aromatic N) is 1. The molecule has 0 radical (unpaired) electrons. The van der Waals surface area contributed by atoms with Crippen LogP contribution < -0.4 is 5.32 Å². The van der Waals surface area contributed by atoms with Crippen molar-refractivity contribution in [2.75, 3.05) is 6.54 Å². The highest BCUT2D eigenvalue weighted by molar-refractivity contribution is 7.09. The van der Waals surface area contributed by atoms with Gasteiger partial charge >= 0.3 is 0 Å². The molecule has 0 saturated heterocycles. The predicted octanol–water partition coefficient (Wildman–Crippen LogP) is 4.27. The fraction of sp³-hybridized carbons (Fsp3) is 0.833. The summed E-state index contributed by atoms with van der Waals surface area (Å²) in [4.78, 5) is 4.51. The minimum absolute atomic E-state index is 0.636. The Kier molecular flexibility index (Phi) is 3.83. The zero-order valence-electron chi connectivity index (χ0n) is 13.2. The third-order valence-electron chi connectivity index (χ3n) is 6.24. The zero-order valence-corrected chi connectivity index (χ0v) is 14.0. The number of rotatable bonds is 6. The van der Waals surface area contributed by atoms with E-state index in [1.165, 1.54) is 30.7 Å². The van der Waals surface area contributed by atoms with Gasteiger partial charge in [0.25, 0.3) is 0 Å². The summed E-state index contributed by atoms with van der Waals surface area (Å²) in [6.07, 6.45) is 13.7. The van der Waals surface area contributed by atoms with E-state index in [1.54, 1.807) is 19.3 Å². The molecule has 4 aliphatic rings. The molecule has 1 aromatic rings. The second-order valence-electron chi connectivity index (χ2n) is 8.01. The maximum absolute atomic E-state index is 4.51. The van der Waals surface area contributed by atoms with Gasteiger partial charge in [0.1, 0.15) is 0 Å². The van der Waals surface area contributed by atoms with E-state index in [0.29, 0.717) is 11.5 Å². The Hall–Kier alpha value is -0.410. The molecule has 0 aromatic carbocycles. The van der Waals surface area contributed by atoms with Gasteiger partial charge < -0.3 is 5.32 Å². The van der Waals surface area contributed by atoms with Crippen LogP contribution in [0.2, 0.25) is 0 Å². The first kappa shape index (κ1) is 14.2. The SMILES string of the molecule is CCNC(Cc1nccs1)CC12CC3CC(CC(C3)C1)C2. The third-order valence-corrected chi connectivity index (χ3v) is 7.04. The topological polar surface area (TPSA) is 24.9 Å². The average molecular weight is 305 g/mol. The van der Waals surface area contributed by atoms with E-state index in [2.05, 4.69) is 22.6 Å². The van der Waals surface area contributed by atoms with Crippen LogP contribution in [0.5, 0.6) is 0 Å². The van der Waals surface area contributed by atoms with Crippen LogP contribution in [0.1, 0.15) is 56.9 Å². The van der Waals surface area contributed by atoms with Crippen molar-refractivity contribution in [3.8, 4) is 0 Å². The van der Waals surface area contributed by atoms with E-state index in [9.17, 15) is 0 Å². The average Bonchev–Trinajstić information content (AvgIpc) is 2.89. The van der Waals surface area contributed by atoms with Gasteiger partial charge in [0.2, 0.25) is 0 Å². The first-order chi connectivity index (χ1) is 10.2. The minimum Gasteiger partial charge on any atom is -0.314 e. The van der Waals surface area contributed by atoms with Crippen molar-refractivity contribution >= 4 is 11.3 Å². The molecule has 0 aliphatic heterocycles. The Labute approximate surface area is 132 Å². The van der Waals surface area contributed by atoms with Crippen molar-refractivity contribution in [1.29, 1.82) is 0 Å². The van der Waals surface area contributed by atoms with Gasteiger partial charge in [-0.25, -0.2) is 4.98 Å². The molecular formula is C18H28N2S. The Balaban J connectivity index is 1.47. The van der Waals surface area contributed by atoms with Crippen LogP contribution in [0.4, 0.5) is 0 Å². The summed E-state index contributed by atoms with van der Waals surface area (Å²) in [7, 11) is 0. The number of likely N-dealkylation sites (N-methyl/N-ethyl adjacent to an activating group) is 1. The van der Waals surface area contributed by atoms with Crippen molar-refractivity contribution in [3.05, 3.63) is 16.6 Å². The lowest BCUT2D eigenvalue weighted by Gasteiger charge is -2.57. The lowest BCUT2D eigenvalue weighted by Crippen LogP contribution is -2.49. The number of nitrogens with one attached hydrogen (secondary N) is 1. The maximum Gasteiger partial charge on any atom is 0.0940 e. The van der Waals surface area contributed by atoms with Gasteiger partial charge in [-0.1, -0.05) is 6.92 Å². The van der Waals surface area contributed by atoms with Gasteiger partial charge in [-0.3, -0.25) is 0 Å². The zero-order chi connectivity index (χ0) is 14.3. The van der Waals surface area contributed by atoms with Crippen LogP contribution in [0.25, 0.3) is 0 Å². The molecule has 5 rings (SSSR count). The standard InChI is InChI=1S/C18H28N2S/c1-2-19-16(8-17-20-3-4-21-17)12-18-9-13-5-14(10-18)7-15(6-13)11-18/h3-4,13-16,19H,2,5-12H2,1H3. The predicted molar refractivity (Wildman–Crippen MR) is 88.5 cm³/mol. The van der Waals surface area contributed by atoms with Crippen LogP contribution in [-0.4, -0.2) is 17.6 Å². The van der Waals surface area contributed by atoms with Crippen LogP contribution >= 0.6 is 11.3 Å². The second kappa shape index (κ2) is 5.66. The summed E-state index contributed by atoms with van der Waals surface area (Å²) in [6.45, 7) is 3.33.